The van der Waals surface area contributed by atoms with Gasteiger partial charge in [-0.15, -0.1) is 0 Å². The maximum Gasteiger partial charge on any atom is 0.288 e. The second-order valence-corrected chi connectivity index (χ2v) is 15.9. The van der Waals surface area contributed by atoms with Gasteiger partial charge in [-0.3, -0.25) is 4.79 Å². The van der Waals surface area contributed by atoms with Gasteiger partial charge in [0.2, 0.25) is 16.3 Å². The predicted molar refractivity (Wildman–Crippen MR) is 195 cm³/mol. The van der Waals surface area contributed by atoms with Crippen LogP contribution in [0.15, 0.2) is 83.5 Å². The number of piperidine rings is 2. The molecule has 1 N–H and O–H groups in total. The molecule has 0 bridgehead atoms. The number of aliphatic hydroxyl groups excluding tert-OH is 1. The Hall–Kier alpha value is -3.74. The van der Waals surface area contributed by atoms with Crippen LogP contribution in [0.5, 0.6) is 5.75 Å². The molecule has 3 aromatic carbocycles. The van der Waals surface area contributed by atoms with E-state index in [4.69, 9.17) is 14.2 Å². The fourth-order valence-electron chi connectivity index (χ4n) is 8.18. The van der Waals surface area contributed by atoms with Crippen LogP contribution in [0, 0.1) is 0 Å². The molecule has 11 heteroatoms. The summed E-state index contributed by atoms with van der Waals surface area (Å²) < 4.78 is 46.0. The number of ether oxygens (including phenoxy) is 3. The van der Waals surface area contributed by atoms with Gasteiger partial charge >= 0.3 is 0 Å². The molecular weight excluding hydrogens is 667 g/mol. The van der Waals surface area contributed by atoms with Gasteiger partial charge in [0.1, 0.15) is 5.75 Å². The van der Waals surface area contributed by atoms with E-state index in [1.165, 1.54) is 65.1 Å². The quantitative estimate of drug-likeness (QED) is 0.215. The summed E-state index contributed by atoms with van der Waals surface area (Å²) in [5, 5.41) is 9.75. The van der Waals surface area contributed by atoms with Crippen molar-refractivity contribution in [2.24, 2.45) is 0 Å². The zero-order valence-electron chi connectivity index (χ0n) is 29.4. The Kier molecular flexibility index (Phi) is 11.1. The summed E-state index contributed by atoms with van der Waals surface area (Å²) in [5.41, 5.74) is 6.16. The zero-order valence-corrected chi connectivity index (χ0v) is 30.2. The Morgan fingerprint density at radius 1 is 0.922 bits per heavy atom. The molecule has 51 heavy (non-hydrogen) atoms. The monoisotopic (exact) mass is 715 g/mol. The van der Waals surface area contributed by atoms with Crippen molar-refractivity contribution in [1.82, 2.24) is 14.1 Å². The number of fused-ring (bicyclic) bond motifs is 3. The van der Waals surface area contributed by atoms with Crippen molar-refractivity contribution in [3.63, 3.8) is 0 Å². The predicted octanol–water partition coefficient (Wildman–Crippen LogP) is 5.16. The number of aliphatic hydroxyl groups is 1. The number of likely N-dealkylation sites (tertiary alicyclic amines) is 2. The van der Waals surface area contributed by atoms with Gasteiger partial charge in [-0.1, -0.05) is 48.9 Å². The lowest BCUT2D eigenvalue weighted by molar-refractivity contribution is -0.153. The average molecular weight is 716 g/mol. The molecule has 0 aromatic heterocycles. The average Bonchev–Trinajstić information content (AvgIpc) is 3.56. The maximum absolute atomic E-state index is 14.1. The molecule has 2 unspecified atom stereocenters. The number of hydrogen-bond acceptors (Lipinski definition) is 8. The number of nitrogens with zero attached hydrogens (tertiary/aromatic N) is 3. The number of sulfonamides is 1. The van der Waals surface area contributed by atoms with Gasteiger partial charge in [0, 0.05) is 44.6 Å². The van der Waals surface area contributed by atoms with Crippen molar-refractivity contribution < 1.29 is 32.5 Å². The van der Waals surface area contributed by atoms with Gasteiger partial charge < -0.3 is 29.1 Å². The number of benzene rings is 3. The van der Waals surface area contributed by atoms with E-state index < -0.39 is 16.3 Å². The molecule has 1 amide bonds. The lowest BCUT2D eigenvalue weighted by Gasteiger charge is -2.40. The van der Waals surface area contributed by atoms with Crippen LogP contribution in [0.3, 0.4) is 0 Å². The van der Waals surface area contributed by atoms with Crippen LogP contribution in [0.2, 0.25) is 0 Å². The number of methoxy groups -OCH3 is 1. The smallest absolute Gasteiger partial charge is 0.288 e. The first-order chi connectivity index (χ1) is 24.9. The highest BCUT2D eigenvalue weighted by Gasteiger charge is 2.36. The van der Waals surface area contributed by atoms with Crippen molar-refractivity contribution in [2.75, 3.05) is 59.6 Å². The van der Waals surface area contributed by atoms with Crippen LogP contribution in [0.1, 0.15) is 61.1 Å². The van der Waals surface area contributed by atoms with Crippen molar-refractivity contribution in [3.05, 3.63) is 95.3 Å². The second-order valence-electron chi connectivity index (χ2n) is 13.9. The molecule has 3 aromatic rings. The second kappa shape index (κ2) is 15.9. The number of carbonyl (C=O) groups is 1. The lowest BCUT2D eigenvalue weighted by Crippen LogP contribution is -2.49. The standard InChI is InChI=1S/C40H49N3O7S/c1-48-32-12-14-33(15-13-32)51(46,47)43(22-24-44)23-25-49-39-28-30(35-10-7-11-36-34-9-4-3-8-29(34)26-37(35)36)27-38(50-39)40(45)42-20-16-31(17-21-42)41-18-5-2-6-19-41/h3-4,7-15,27,30-31,39,44H,2,5-6,16-26,28H2,1H3. The third-order valence-electron chi connectivity index (χ3n) is 10.9. The third-order valence-corrected chi connectivity index (χ3v) is 12.8. The SMILES string of the molecule is COc1ccc(S(=O)(=O)N(CCO)CCOC2CC(c3cccc4c3Cc3ccccc3-4)C=C(C(=O)N3CCC(N4CCCCC4)CC3)O2)cc1. The number of amides is 1. The van der Waals surface area contributed by atoms with Crippen LogP contribution in [0.4, 0.5) is 0 Å². The summed E-state index contributed by atoms with van der Waals surface area (Å²) in [6, 6.07) is 21.6. The Labute approximate surface area is 301 Å². The van der Waals surface area contributed by atoms with E-state index >= 15 is 0 Å². The van der Waals surface area contributed by atoms with Crippen molar-refractivity contribution >= 4 is 15.9 Å². The van der Waals surface area contributed by atoms with Crippen molar-refractivity contribution in [3.8, 4) is 16.9 Å². The van der Waals surface area contributed by atoms with Crippen LogP contribution >= 0.6 is 0 Å². The normalized spacial score (nSPS) is 21.2. The van der Waals surface area contributed by atoms with Gasteiger partial charge in [-0.05, 0) is 103 Å². The molecule has 3 aliphatic heterocycles. The Morgan fingerprint density at radius 2 is 1.67 bits per heavy atom. The van der Waals surface area contributed by atoms with Gasteiger partial charge in [-0.2, -0.15) is 4.31 Å². The van der Waals surface area contributed by atoms with E-state index in [0.29, 0.717) is 37.1 Å². The highest BCUT2D eigenvalue weighted by Crippen LogP contribution is 2.43. The van der Waals surface area contributed by atoms with E-state index in [-0.39, 0.29) is 43.0 Å². The molecule has 3 heterocycles. The summed E-state index contributed by atoms with van der Waals surface area (Å²) in [6.07, 6.45) is 8.24. The molecule has 2 saturated heterocycles. The minimum Gasteiger partial charge on any atom is -0.497 e. The van der Waals surface area contributed by atoms with Crippen LogP contribution in [0.25, 0.3) is 11.1 Å². The molecule has 272 valence electrons. The van der Waals surface area contributed by atoms with E-state index in [9.17, 15) is 18.3 Å². The molecule has 2 atom stereocenters. The Morgan fingerprint density at radius 3 is 2.41 bits per heavy atom. The number of carbonyl (C=O) groups excluding carboxylic acids is 1. The molecular formula is C40H49N3O7S. The van der Waals surface area contributed by atoms with Gasteiger partial charge in [0.05, 0.1) is 25.2 Å². The fourth-order valence-corrected chi connectivity index (χ4v) is 9.59. The fraction of sp³-hybridized carbons (Fsp3) is 0.475. The first kappa shape index (κ1) is 35.7. The number of hydrogen-bond donors (Lipinski definition) is 1. The molecule has 0 saturated carbocycles. The lowest BCUT2D eigenvalue weighted by atomic mass is 9.87. The molecule has 1 aliphatic carbocycles. The summed E-state index contributed by atoms with van der Waals surface area (Å²) >= 11 is 0. The highest BCUT2D eigenvalue weighted by molar-refractivity contribution is 7.89. The molecule has 2 fully saturated rings. The third kappa shape index (κ3) is 7.73. The molecule has 7 rings (SSSR count). The minimum atomic E-state index is -3.91. The van der Waals surface area contributed by atoms with E-state index in [1.807, 2.05) is 11.0 Å². The molecule has 10 nitrogen and oxygen atoms in total. The Balaban J connectivity index is 1.09. The van der Waals surface area contributed by atoms with E-state index in [2.05, 4.69) is 47.4 Å². The van der Waals surface area contributed by atoms with Crippen molar-refractivity contribution in [1.29, 1.82) is 0 Å². The van der Waals surface area contributed by atoms with Gasteiger partial charge in [0.15, 0.2) is 5.76 Å². The van der Waals surface area contributed by atoms with Gasteiger partial charge in [-0.25, -0.2) is 8.42 Å². The first-order valence-corrected chi connectivity index (χ1v) is 19.8. The largest absolute Gasteiger partial charge is 0.497 e. The summed E-state index contributed by atoms with van der Waals surface area (Å²) in [4.78, 5) is 18.7. The van der Waals surface area contributed by atoms with Crippen LogP contribution in [-0.2, 0) is 30.7 Å². The zero-order chi connectivity index (χ0) is 35.4. The topological polar surface area (TPSA) is 109 Å². The summed E-state index contributed by atoms with van der Waals surface area (Å²) in [7, 11) is -2.39. The molecule has 0 radical (unpaired) electrons. The molecule has 0 spiro atoms. The van der Waals surface area contributed by atoms with Crippen molar-refractivity contribution in [2.45, 2.75) is 68.1 Å². The maximum atomic E-state index is 14.1. The van der Waals surface area contributed by atoms with Crippen LogP contribution < -0.4 is 4.74 Å². The first-order valence-electron chi connectivity index (χ1n) is 18.3. The highest BCUT2D eigenvalue weighted by atomic mass is 32.2. The van der Waals surface area contributed by atoms with Crippen LogP contribution in [-0.4, -0.2) is 105 Å². The van der Waals surface area contributed by atoms with Gasteiger partial charge in [0.25, 0.3) is 5.91 Å². The Bertz CT molecular complexity index is 1820. The summed E-state index contributed by atoms with van der Waals surface area (Å²) in [6.45, 7) is 3.28. The van der Waals surface area contributed by atoms with E-state index in [0.717, 1.165) is 37.9 Å². The number of allylic oxidation sites excluding steroid dienone is 1. The minimum absolute atomic E-state index is 0.00645. The summed E-state index contributed by atoms with van der Waals surface area (Å²) in [5.74, 6) is 0.589. The van der Waals surface area contributed by atoms with E-state index in [1.54, 1.807) is 12.1 Å². The number of rotatable bonds is 12. The molecule has 4 aliphatic rings.